The van der Waals surface area contributed by atoms with Gasteiger partial charge in [0.2, 0.25) is 0 Å². The minimum atomic E-state index is -0.826. The van der Waals surface area contributed by atoms with Gasteiger partial charge in [-0.15, -0.1) is 0 Å². The Morgan fingerprint density at radius 1 is 0.872 bits per heavy atom. The Kier molecular flexibility index (Phi) is 11.8. The molecule has 0 N–H and O–H groups in total. The van der Waals surface area contributed by atoms with Gasteiger partial charge in [-0.05, 0) is 110 Å². The zero-order valence-corrected chi connectivity index (χ0v) is 29.9. The molecule has 0 bridgehead atoms. The molecule has 2 heterocycles. The van der Waals surface area contributed by atoms with Crippen LogP contribution in [-0.4, -0.2) is 23.1 Å². The molecular weight excluding hydrogens is 617 g/mol. The van der Waals surface area contributed by atoms with Crippen LogP contribution in [-0.2, 0) is 27.3 Å². The summed E-state index contributed by atoms with van der Waals surface area (Å²) < 4.78 is 0. The Labute approximate surface area is 264 Å². The number of halogens is 2. The summed E-state index contributed by atoms with van der Waals surface area (Å²) in [5.74, 6) is 8.90. The quantitative estimate of drug-likeness (QED) is 0.295. The summed E-state index contributed by atoms with van der Waals surface area (Å²) in [5, 5.41) is 2.00. The molecule has 218 valence electrons. The summed E-state index contributed by atoms with van der Waals surface area (Å²) >= 11 is 1.64. The fourth-order valence-electron chi connectivity index (χ4n) is 10.7. The van der Waals surface area contributed by atoms with Crippen LogP contribution in [0, 0.1) is 68.1 Å². The molecule has 4 aliphatic carbocycles. The summed E-state index contributed by atoms with van der Waals surface area (Å²) in [6.07, 6.45) is 14.9. The van der Waals surface area contributed by atoms with Crippen molar-refractivity contribution in [3.8, 4) is 0 Å². The van der Waals surface area contributed by atoms with Gasteiger partial charge in [-0.2, -0.15) is 11.8 Å². The Hall–Kier alpha value is 0.833. The predicted molar refractivity (Wildman–Crippen MR) is 171 cm³/mol. The van der Waals surface area contributed by atoms with Crippen molar-refractivity contribution >= 4 is 34.5 Å². The second-order valence-corrected chi connectivity index (χ2v) is 18.8. The fourth-order valence-corrected chi connectivity index (χ4v) is 13.0. The van der Waals surface area contributed by atoms with E-state index in [2.05, 4.69) is 61.7 Å². The molecule has 7 rings (SSSR count). The second kappa shape index (κ2) is 14.1. The van der Waals surface area contributed by atoms with Gasteiger partial charge in [0.15, 0.2) is 0 Å². The molecule has 1 aromatic rings. The van der Waals surface area contributed by atoms with Crippen molar-refractivity contribution < 1.29 is 20.8 Å². The van der Waals surface area contributed by atoms with E-state index in [1.807, 2.05) is 0 Å². The molecule has 0 spiro atoms. The maximum atomic E-state index is 4.93. The molecule has 0 radical (unpaired) electrons. The maximum absolute atomic E-state index is 4.93. The van der Waals surface area contributed by atoms with Crippen LogP contribution in [0.5, 0.6) is 0 Å². The number of anilines is 1. The van der Waals surface area contributed by atoms with E-state index >= 15 is 0 Å². The van der Waals surface area contributed by atoms with Gasteiger partial charge in [-0.3, -0.25) is 0 Å². The van der Waals surface area contributed by atoms with Crippen LogP contribution in [0.25, 0.3) is 0 Å². The van der Waals surface area contributed by atoms with Gasteiger partial charge < -0.3 is 19.8 Å². The van der Waals surface area contributed by atoms with E-state index in [0.29, 0.717) is 0 Å². The van der Waals surface area contributed by atoms with E-state index in [0.717, 1.165) is 69.8 Å². The topological polar surface area (TPSA) is 3.24 Å². The van der Waals surface area contributed by atoms with Crippen LogP contribution in [0.2, 0.25) is 0 Å². The molecule has 4 saturated carbocycles. The molecule has 5 heteroatoms. The molecule has 0 aromatic heterocycles. The van der Waals surface area contributed by atoms with E-state index in [-0.39, 0.29) is 14.9 Å². The standard InChI is InChI=1S/C32H47NS.2CH3.2ClH.Zr/c1-19-17-27-23(11-8-13-29(27)33-16-15-22-9-4-6-12-28(22)33)25(19)18-26-20(2)21(3)32-31(26)24-10-5-7-14-30(24)34-32;;;;;/h4,6,9,12,19-21,23-27,29-32H,5,7-8,10-11,13-18H2,1-3H3;2*1H3;2*1H;/q;2*-1;;;+4/p-2. The molecular formula is C34H53Cl2NSZr. The first-order valence-corrected chi connectivity index (χ1v) is 22.8. The summed E-state index contributed by atoms with van der Waals surface area (Å²) in [6.45, 7) is 9.22. The van der Waals surface area contributed by atoms with Crippen LogP contribution >= 0.6 is 28.8 Å². The van der Waals surface area contributed by atoms with E-state index in [1.165, 1.54) is 57.9 Å². The Morgan fingerprint density at radius 2 is 1.59 bits per heavy atom. The minimum absolute atomic E-state index is 0. The van der Waals surface area contributed by atoms with Gasteiger partial charge in [-0.1, -0.05) is 58.2 Å². The zero-order chi connectivity index (χ0) is 25.7. The van der Waals surface area contributed by atoms with Crippen LogP contribution in [0.4, 0.5) is 5.69 Å². The Morgan fingerprint density at radius 3 is 2.38 bits per heavy atom. The van der Waals surface area contributed by atoms with E-state index in [9.17, 15) is 0 Å². The van der Waals surface area contributed by atoms with Gasteiger partial charge in [0.05, 0.1) is 0 Å². The zero-order valence-electron chi connectivity index (χ0n) is 25.1. The molecule has 0 amide bonds. The fraction of sp³-hybridized carbons (Fsp3) is 0.765. The SMILES string of the molecule is CC1CC2C(CCCC2N2CCc3ccccc32)C1CC1C(C)C(C)C2SC3CCCCC3C12.[CH3-].[CH3-].[Cl][Zr+2][Cl]. The van der Waals surface area contributed by atoms with Crippen LogP contribution in [0.1, 0.15) is 84.1 Å². The van der Waals surface area contributed by atoms with Gasteiger partial charge in [0.1, 0.15) is 0 Å². The predicted octanol–water partition coefficient (Wildman–Crippen LogP) is 10.3. The molecule has 1 aromatic carbocycles. The van der Waals surface area contributed by atoms with Crippen LogP contribution < -0.4 is 4.90 Å². The van der Waals surface area contributed by atoms with Gasteiger partial charge in [0.25, 0.3) is 0 Å². The summed E-state index contributed by atoms with van der Waals surface area (Å²) in [7, 11) is 9.87. The number of benzene rings is 1. The molecule has 5 fully saturated rings. The van der Waals surface area contributed by atoms with Crippen molar-refractivity contribution in [3.63, 3.8) is 0 Å². The second-order valence-electron chi connectivity index (χ2n) is 13.6. The van der Waals surface area contributed by atoms with Crippen LogP contribution in [0.15, 0.2) is 24.3 Å². The third-order valence-corrected chi connectivity index (χ3v) is 14.3. The first-order valence-electron chi connectivity index (χ1n) is 15.5. The molecule has 12 unspecified atom stereocenters. The van der Waals surface area contributed by atoms with Gasteiger partial charge in [0, 0.05) is 28.8 Å². The first-order chi connectivity index (χ1) is 18.0. The number of hydrogen-bond donors (Lipinski definition) is 0. The average Bonchev–Trinajstić information content (AvgIpc) is 3.64. The van der Waals surface area contributed by atoms with E-state index in [1.54, 1.807) is 24.1 Å². The Bertz CT molecular complexity index is 928. The normalized spacial score (nSPS) is 43.5. The molecule has 12 atom stereocenters. The van der Waals surface area contributed by atoms with Gasteiger partial charge in [-0.25, -0.2) is 0 Å². The van der Waals surface area contributed by atoms with Crippen molar-refractivity contribution in [2.45, 2.75) is 102 Å². The number of fused-ring (bicyclic) bond motifs is 5. The molecule has 1 saturated heterocycles. The number of nitrogens with zero attached hydrogens (tertiary/aromatic N) is 1. The summed E-state index contributed by atoms with van der Waals surface area (Å²) in [5.41, 5.74) is 3.18. The average molecular weight is 670 g/mol. The van der Waals surface area contributed by atoms with Crippen molar-refractivity contribution in [1.29, 1.82) is 0 Å². The third-order valence-electron chi connectivity index (χ3n) is 12.4. The van der Waals surface area contributed by atoms with Crippen molar-refractivity contribution in [1.82, 2.24) is 0 Å². The molecule has 6 aliphatic rings. The van der Waals surface area contributed by atoms with Gasteiger partial charge >= 0.3 is 37.9 Å². The number of hydrogen-bond acceptors (Lipinski definition) is 2. The molecule has 39 heavy (non-hydrogen) atoms. The Balaban J connectivity index is 0.000000677. The van der Waals surface area contributed by atoms with E-state index < -0.39 is 20.8 Å². The van der Waals surface area contributed by atoms with E-state index in [4.69, 9.17) is 17.0 Å². The summed E-state index contributed by atoms with van der Waals surface area (Å²) in [6, 6.07) is 10.1. The van der Waals surface area contributed by atoms with Crippen molar-refractivity contribution in [3.05, 3.63) is 44.7 Å². The number of rotatable bonds is 3. The molecule has 2 aliphatic heterocycles. The van der Waals surface area contributed by atoms with Crippen molar-refractivity contribution in [2.24, 2.45) is 53.3 Å². The number of para-hydroxylation sites is 1. The third kappa shape index (κ3) is 5.98. The van der Waals surface area contributed by atoms with Crippen LogP contribution in [0.3, 0.4) is 0 Å². The summed E-state index contributed by atoms with van der Waals surface area (Å²) in [4.78, 5) is 2.87. The molecule has 1 nitrogen and oxygen atoms in total. The number of thioether (sulfide) groups is 1. The first kappa shape index (κ1) is 32.7. The van der Waals surface area contributed by atoms with Crippen molar-refractivity contribution in [2.75, 3.05) is 11.4 Å². The monoisotopic (exact) mass is 667 g/mol.